The number of para-hydroxylation sites is 4. The lowest BCUT2D eigenvalue weighted by molar-refractivity contribution is 0.632. The zero-order valence-corrected chi connectivity index (χ0v) is 36.1. The molecule has 0 saturated heterocycles. The van der Waals surface area contributed by atoms with E-state index in [1.54, 1.807) is 0 Å². The van der Waals surface area contributed by atoms with Crippen molar-refractivity contribution in [3.05, 3.63) is 230 Å². The Hall–Kier alpha value is -8.34. The zero-order chi connectivity index (χ0) is 43.2. The first-order valence-corrected chi connectivity index (χ1v) is 22.4. The van der Waals surface area contributed by atoms with Gasteiger partial charge >= 0.3 is 0 Å². The second kappa shape index (κ2) is 14.3. The van der Waals surface area contributed by atoms with Gasteiger partial charge < -0.3 is 4.90 Å². The van der Waals surface area contributed by atoms with Crippen molar-refractivity contribution >= 4 is 71.3 Å². The van der Waals surface area contributed by atoms with Crippen LogP contribution in [0.25, 0.3) is 93.7 Å². The molecule has 2 aromatic heterocycles. The first kappa shape index (κ1) is 37.2. The first-order chi connectivity index (χ1) is 32.0. The van der Waals surface area contributed by atoms with Crippen molar-refractivity contribution in [3.63, 3.8) is 0 Å². The van der Waals surface area contributed by atoms with Crippen LogP contribution < -0.4 is 4.90 Å². The van der Waals surface area contributed by atoms with Gasteiger partial charge in [-0.05, 0) is 85.8 Å². The van der Waals surface area contributed by atoms with E-state index in [0.29, 0.717) is 5.95 Å². The molecule has 0 unspecified atom stereocenters. The van der Waals surface area contributed by atoms with E-state index in [0.717, 1.165) is 55.4 Å². The highest BCUT2D eigenvalue weighted by atomic mass is 15.2. The maximum Gasteiger partial charge on any atom is 0.235 e. The largest absolute Gasteiger partial charge is 0.310 e. The first-order valence-electron chi connectivity index (χ1n) is 22.4. The summed E-state index contributed by atoms with van der Waals surface area (Å²) < 4.78 is 2.32. The Bertz CT molecular complexity index is 3860. The molecule has 3 heterocycles. The number of rotatable bonds is 5. The maximum atomic E-state index is 5.59. The van der Waals surface area contributed by atoms with Gasteiger partial charge in [-0.15, -0.1) is 0 Å². The van der Waals surface area contributed by atoms with Crippen LogP contribution >= 0.6 is 0 Å². The zero-order valence-electron chi connectivity index (χ0n) is 36.1. The lowest BCUT2D eigenvalue weighted by Crippen LogP contribution is -2.30. The van der Waals surface area contributed by atoms with Crippen molar-refractivity contribution in [3.8, 4) is 39.5 Å². The van der Waals surface area contributed by atoms with Crippen molar-refractivity contribution in [2.24, 2.45) is 0 Å². The molecule has 12 aromatic rings. The smallest absolute Gasteiger partial charge is 0.235 e. The molecule has 65 heavy (non-hydrogen) atoms. The minimum absolute atomic E-state index is 0.210. The van der Waals surface area contributed by atoms with Gasteiger partial charge in [0.1, 0.15) is 0 Å². The second-order valence-electron chi connectivity index (χ2n) is 17.8. The summed E-state index contributed by atoms with van der Waals surface area (Å²) in [6, 6.07) is 79.0. The van der Waals surface area contributed by atoms with Gasteiger partial charge in [-0.1, -0.05) is 196 Å². The number of nitrogens with zero attached hydrogens (tertiary/aromatic N) is 4. The molecule has 13 rings (SSSR count). The fraction of sp³-hybridized carbons (Fsp3) is 0.0492. The summed E-state index contributed by atoms with van der Waals surface area (Å²) >= 11 is 0. The molecular weight excluding hydrogens is 789 g/mol. The van der Waals surface area contributed by atoms with E-state index in [1.165, 1.54) is 60.6 Å². The van der Waals surface area contributed by atoms with E-state index in [4.69, 9.17) is 9.97 Å². The number of fused-ring (bicyclic) bond motifs is 9. The molecule has 0 amide bonds. The predicted octanol–water partition coefficient (Wildman–Crippen LogP) is 16.1. The van der Waals surface area contributed by atoms with Crippen molar-refractivity contribution in [2.45, 2.75) is 19.3 Å². The van der Waals surface area contributed by atoms with E-state index < -0.39 is 0 Å². The molecule has 0 N–H and O–H groups in total. The van der Waals surface area contributed by atoms with Gasteiger partial charge in [-0.2, -0.15) is 0 Å². The van der Waals surface area contributed by atoms with E-state index in [9.17, 15) is 0 Å². The Morgan fingerprint density at radius 3 is 1.88 bits per heavy atom. The SMILES string of the molecule is CC1(C)c2ccccc2N(c2ccccc2)c2cc(-c3cccc4c5c6ccccc6ccc5n(-c5nc(-c6ccc(-c7cccc8ccccc78)cc6)c6ccccc6n5)c34)ccc21. The van der Waals surface area contributed by atoms with E-state index in [2.05, 4.69) is 242 Å². The minimum Gasteiger partial charge on any atom is -0.310 e. The third-order valence-corrected chi connectivity index (χ3v) is 13.8. The summed E-state index contributed by atoms with van der Waals surface area (Å²) in [5.41, 5.74) is 15.5. The fourth-order valence-corrected chi connectivity index (χ4v) is 10.7. The van der Waals surface area contributed by atoms with Crippen LogP contribution in [0.5, 0.6) is 0 Å². The molecule has 0 bridgehead atoms. The molecule has 0 fully saturated rings. The van der Waals surface area contributed by atoms with Crippen LogP contribution in [-0.2, 0) is 5.41 Å². The van der Waals surface area contributed by atoms with E-state index in [1.807, 2.05) is 0 Å². The van der Waals surface area contributed by atoms with Crippen LogP contribution in [0.2, 0.25) is 0 Å². The summed E-state index contributed by atoms with van der Waals surface area (Å²) in [4.78, 5) is 13.5. The Kier molecular flexibility index (Phi) is 8.22. The molecule has 306 valence electrons. The molecular formula is C61H42N4. The standard InChI is InChI=1S/C61H42N4/c1-61(2)51-27-11-13-29-54(51)64(44-19-4-3-5-20-44)56-38-43(34-36-52(56)61)48-25-15-26-50-57-47-22-9-7-17-40(47)35-37-55(57)65(59(48)50)60-62-53-28-12-10-23-49(53)58(63-60)42-32-30-41(31-33-42)46-24-14-18-39-16-6-8-21-45(39)46/h3-38H,1-2H3. The van der Waals surface area contributed by atoms with Crippen molar-refractivity contribution in [1.29, 1.82) is 0 Å². The number of aromatic nitrogens is 3. The molecule has 0 radical (unpaired) electrons. The highest BCUT2D eigenvalue weighted by Gasteiger charge is 2.37. The van der Waals surface area contributed by atoms with Crippen LogP contribution in [-0.4, -0.2) is 14.5 Å². The molecule has 0 spiro atoms. The second-order valence-corrected chi connectivity index (χ2v) is 17.8. The molecule has 4 nitrogen and oxygen atoms in total. The lowest BCUT2D eigenvalue weighted by Gasteiger charge is -2.42. The van der Waals surface area contributed by atoms with Crippen molar-refractivity contribution < 1.29 is 0 Å². The van der Waals surface area contributed by atoms with Crippen LogP contribution in [0.1, 0.15) is 25.0 Å². The van der Waals surface area contributed by atoms with Gasteiger partial charge in [0, 0.05) is 38.4 Å². The highest BCUT2D eigenvalue weighted by Crippen LogP contribution is 2.53. The van der Waals surface area contributed by atoms with Crippen LogP contribution in [0.3, 0.4) is 0 Å². The van der Waals surface area contributed by atoms with Crippen molar-refractivity contribution in [2.75, 3.05) is 4.90 Å². The Morgan fingerprint density at radius 1 is 0.415 bits per heavy atom. The number of anilines is 3. The lowest BCUT2D eigenvalue weighted by atomic mass is 9.73. The Balaban J connectivity index is 1.06. The summed E-state index contributed by atoms with van der Waals surface area (Å²) in [5.74, 6) is 0.637. The minimum atomic E-state index is -0.210. The molecule has 4 heteroatoms. The van der Waals surface area contributed by atoms with Crippen molar-refractivity contribution in [1.82, 2.24) is 14.5 Å². The van der Waals surface area contributed by atoms with Gasteiger partial charge in [0.15, 0.2) is 0 Å². The van der Waals surface area contributed by atoms with Gasteiger partial charge in [-0.3, -0.25) is 4.57 Å². The molecule has 10 aromatic carbocycles. The van der Waals surface area contributed by atoms with Crippen LogP contribution in [0, 0.1) is 0 Å². The highest BCUT2D eigenvalue weighted by molar-refractivity contribution is 6.23. The predicted molar refractivity (Wildman–Crippen MR) is 272 cm³/mol. The number of hydrogen-bond donors (Lipinski definition) is 0. The molecule has 1 aliphatic rings. The fourth-order valence-electron chi connectivity index (χ4n) is 10.7. The van der Waals surface area contributed by atoms with Gasteiger partial charge in [0.2, 0.25) is 5.95 Å². The van der Waals surface area contributed by atoms with E-state index >= 15 is 0 Å². The maximum absolute atomic E-state index is 5.59. The molecule has 1 aliphatic heterocycles. The normalized spacial score (nSPS) is 13.2. The molecule has 0 saturated carbocycles. The topological polar surface area (TPSA) is 34.0 Å². The summed E-state index contributed by atoms with van der Waals surface area (Å²) in [6.07, 6.45) is 0. The molecule has 0 aliphatic carbocycles. The summed E-state index contributed by atoms with van der Waals surface area (Å²) in [6.45, 7) is 4.70. The summed E-state index contributed by atoms with van der Waals surface area (Å²) in [7, 11) is 0. The van der Waals surface area contributed by atoms with Gasteiger partial charge in [0.25, 0.3) is 0 Å². The van der Waals surface area contributed by atoms with E-state index in [-0.39, 0.29) is 5.41 Å². The summed E-state index contributed by atoms with van der Waals surface area (Å²) in [5, 5.41) is 8.24. The third kappa shape index (κ3) is 5.70. The Morgan fingerprint density at radius 2 is 1.03 bits per heavy atom. The van der Waals surface area contributed by atoms with Crippen LogP contribution in [0.15, 0.2) is 218 Å². The average Bonchev–Trinajstić information content (AvgIpc) is 3.71. The number of benzene rings is 10. The van der Waals surface area contributed by atoms with Crippen LogP contribution in [0.4, 0.5) is 17.1 Å². The van der Waals surface area contributed by atoms with Gasteiger partial charge in [-0.25, -0.2) is 9.97 Å². The average molecular weight is 831 g/mol. The molecule has 0 atom stereocenters. The quantitative estimate of drug-likeness (QED) is 0.173. The number of hydrogen-bond acceptors (Lipinski definition) is 3. The third-order valence-electron chi connectivity index (χ3n) is 13.8. The van der Waals surface area contributed by atoms with Gasteiger partial charge in [0.05, 0.1) is 33.6 Å². The monoisotopic (exact) mass is 830 g/mol. The Labute approximate surface area is 377 Å².